The molecule has 0 fully saturated rings. The number of anilines is 1. The highest BCUT2D eigenvalue weighted by molar-refractivity contribution is 6.02. The van der Waals surface area contributed by atoms with Crippen LogP contribution < -0.4 is 14.8 Å². The number of amides is 2. The van der Waals surface area contributed by atoms with Gasteiger partial charge in [-0.15, -0.1) is 0 Å². The van der Waals surface area contributed by atoms with Gasteiger partial charge in [-0.05, 0) is 73.6 Å². The summed E-state index contributed by atoms with van der Waals surface area (Å²) in [6.07, 6.45) is -2.06. The van der Waals surface area contributed by atoms with Gasteiger partial charge in [-0.25, -0.2) is 8.78 Å². The second-order valence-electron chi connectivity index (χ2n) is 12.1. The first-order chi connectivity index (χ1) is 23.0. The monoisotopic (exact) mass is 659 g/mol. The summed E-state index contributed by atoms with van der Waals surface area (Å²) in [5, 5.41) is 23.4. The molecule has 3 N–H and O–H groups in total. The van der Waals surface area contributed by atoms with Crippen LogP contribution in [0, 0.1) is 17.6 Å². The molecule has 0 radical (unpaired) electrons. The average molecular weight is 660 g/mol. The SMILES string of the molecule is C[C@@H]1CN([C@@H](C)CO)C(=O)c2cccc(NC(=O)C(O)c3ccc(F)cc3)c2O[C@@H]1CN(C)Cc1ccc(Oc2ccccc2F)cc1. The van der Waals surface area contributed by atoms with Gasteiger partial charge >= 0.3 is 0 Å². The van der Waals surface area contributed by atoms with Crippen molar-refractivity contribution in [1.82, 2.24) is 9.80 Å². The van der Waals surface area contributed by atoms with Crippen LogP contribution in [0.3, 0.4) is 0 Å². The fraction of sp³-hybridized carbons (Fsp3) is 0.297. The maximum Gasteiger partial charge on any atom is 0.258 e. The van der Waals surface area contributed by atoms with E-state index in [9.17, 15) is 28.6 Å². The third-order valence-electron chi connectivity index (χ3n) is 8.32. The maximum absolute atomic E-state index is 14.0. The van der Waals surface area contributed by atoms with Crippen molar-refractivity contribution >= 4 is 17.5 Å². The molecular weight excluding hydrogens is 620 g/mol. The lowest BCUT2D eigenvalue weighted by molar-refractivity contribution is -0.124. The number of aliphatic hydroxyl groups excluding tert-OH is 2. The first-order valence-corrected chi connectivity index (χ1v) is 15.7. The summed E-state index contributed by atoms with van der Waals surface area (Å²) in [6, 6.07) is 22.8. The first-order valence-electron chi connectivity index (χ1n) is 15.7. The normalized spacial score (nSPS) is 17.5. The van der Waals surface area contributed by atoms with Crippen molar-refractivity contribution in [2.24, 2.45) is 5.92 Å². The molecule has 1 heterocycles. The minimum absolute atomic E-state index is 0.140. The first kappa shape index (κ1) is 34.5. The molecule has 0 aromatic heterocycles. The van der Waals surface area contributed by atoms with Gasteiger partial charge in [0.05, 0.1) is 23.9 Å². The molecule has 252 valence electrons. The van der Waals surface area contributed by atoms with Crippen LogP contribution in [0.1, 0.15) is 41.4 Å². The second-order valence-corrected chi connectivity index (χ2v) is 12.1. The number of likely N-dealkylation sites (N-methyl/N-ethyl adjacent to an activating group) is 1. The van der Waals surface area contributed by atoms with Crippen LogP contribution in [0.4, 0.5) is 14.5 Å². The van der Waals surface area contributed by atoms with E-state index in [1.54, 1.807) is 60.4 Å². The highest BCUT2D eigenvalue weighted by atomic mass is 19.1. The number of hydrogen-bond acceptors (Lipinski definition) is 7. The van der Waals surface area contributed by atoms with Gasteiger partial charge in [0, 0.05) is 25.6 Å². The standard InChI is InChI=1S/C37H39F2N3O6/c1-23-19-42(24(2)22-43)37(46)29-7-6-9-31(40-36(45)34(44)26-13-15-27(38)16-14-26)35(29)48-33(23)21-41(3)20-25-11-17-28(18-12-25)47-32-10-5-4-8-30(32)39/h4-18,23-24,33-34,43-44H,19-22H2,1-3H3,(H,40,45)/t23-,24+,33-,34?/m1/s1. The minimum atomic E-state index is -1.60. The third-order valence-corrected chi connectivity index (χ3v) is 8.32. The van der Waals surface area contributed by atoms with Gasteiger partial charge in [0.15, 0.2) is 23.4 Å². The number of aliphatic hydroxyl groups is 2. The predicted molar refractivity (Wildman–Crippen MR) is 177 cm³/mol. The molecule has 1 unspecified atom stereocenters. The highest BCUT2D eigenvalue weighted by Crippen LogP contribution is 2.36. The van der Waals surface area contributed by atoms with Crippen LogP contribution in [-0.4, -0.2) is 70.7 Å². The molecule has 0 spiro atoms. The van der Waals surface area contributed by atoms with Gasteiger partial charge in [-0.1, -0.05) is 49.4 Å². The number of carbonyl (C=O) groups is 2. The van der Waals surface area contributed by atoms with E-state index >= 15 is 0 Å². The number of hydrogen-bond donors (Lipinski definition) is 3. The van der Waals surface area contributed by atoms with E-state index in [-0.39, 0.29) is 46.7 Å². The Morgan fingerprint density at radius 1 is 1.04 bits per heavy atom. The van der Waals surface area contributed by atoms with Crippen molar-refractivity contribution in [1.29, 1.82) is 0 Å². The van der Waals surface area contributed by atoms with Crippen LogP contribution in [-0.2, 0) is 11.3 Å². The molecule has 4 aromatic carbocycles. The summed E-state index contributed by atoms with van der Waals surface area (Å²) in [5.74, 6) is -1.49. The topological polar surface area (TPSA) is 112 Å². The summed E-state index contributed by atoms with van der Waals surface area (Å²) in [4.78, 5) is 30.6. The zero-order chi connectivity index (χ0) is 34.4. The van der Waals surface area contributed by atoms with Gasteiger partial charge in [0.2, 0.25) is 0 Å². The lowest BCUT2D eigenvalue weighted by Gasteiger charge is -2.38. The van der Waals surface area contributed by atoms with E-state index < -0.39 is 35.8 Å². The zero-order valence-corrected chi connectivity index (χ0v) is 27.0. The van der Waals surface area contributed by atoms with Gasteiger partial charge < -0.3 is 29.9 Å². The van der Waals surface area contributed by atoms with Crippen molar-refractivity contribution in [3.8, 4) is 17.2 Å². The van der Waals surface area contributed by atoms with Gasteiger partial charge in [0.25, 0.3) is 11.8 Å². The minimum Gasteiger partial charge on any atom is -0.486 e. The predicted octanol–water partition coefficient (Wildman–Crippen LogP) is 5.78. The molecule has 4 atom stereocenters. The molecule has 48 heavy (non-hydrogen) atoms. The number of rotatable bonds is 11. The van der Waals surface area contributed by atoms with E-state index in [1.807, 2.05) is 26.1 Å². The lowest BCUT2D eigenvalue weighted by atomic mass is 9.98. The number of carbonyl (C=O) groups excluding carboxylic acids is 2. The molecule has 1 aliphatic rings. The van der Waals surface area contributed by atoms with E-state index in [1.165, 1.54) is 18.2 Å². The largest absolute Gasteiger partial charge is 0.486 e. The molecule has 0 saturated heterocycles. The van der Waals surface area contributed by atoms with Crippen molar-refractivity contribution in [2.45, 2.75) is 38.6 Å². The summed E-state index contributed by atoms with van der Waals surface area (Å²) in [6.45, 7) is 4.78. The Morgan fingerprint density at radius 3 is 2.44 bits per heavy atom. The smallest absolute Gasteiger partial charge is 0.258 e. The van der Waals surface area contributed by atoms with Gasteiger partial charge in [0.1, 0.15) is 17.7 Å². The number of para-hydroxylation sites is 2. The third kappa shape index (κ3) is 8.17. The lowest BCUT2D eigenvalue weighted by Crippen LogP contribution is -2.49. The molecule has 4 aromatic rings. The summed E-state index contributed by atoms with van der Waals surface area (Å²) < 4.78 is 39.7. The number of halogens is 2. The van der Waals surface area contributed by atoms with Crippen molar-refractivity contribution in [3.63, 3.8) is 0 Å². The molecule has 0 saturated carbocycles. The summed E-state index contributed by atoms with van der Waals surface area (Å²) in [5.41, 5.74) is 1.57. The highest BCUT2D eigenvalue weighted by Gasteiger charge is 2.35. The van der Waals surface area contributed by atoms with Gasteiger partial charge in [-0.3, -0.25) is 14.5 Å². The van der Waals surface area contributed by atoms with E-state index in [0.717, 1.165) is 17.7 Å². The van der Waals surface area contributed by atoms with Crippen molar-refractivity contribution in [3.05, 3.63) is 119 Å². The average Bonchev–Trinajstić information content (AvgIpc) is 3.08. The van der Waals surface area contributed by atoms with Crippen molar-refractivity contribution < 1.29 is 38.1 Å². The Labute approximate surface area is 278 Å². The van der Waals surface area contributed by atoms with Crippen molar-refractivity contribution in [2.75, 3.05) is 32.1 Å². The Kier molecular flexibility index (Phi) is 11.0. The summed E-state index contributed by atoms with van der Waals surface area (Å²) >= 11 is 0. The Hall–Kier alpha value is -4.84. The molecule has 5 rings (SSSR count). The molecular formula is C37H39F2N3O6. The quantitative estimate of drug-likeness (QED) is 0.187. The fourth-order valence-corrected chi connectivity index (χ4v) is 5.56. The maximum atomic E-state index is 14.0. The van der Waals surface area contributed by atoms with E-state index in [4.69, 9.17) is 9.47 Å². The van der Waals surface area contributed by atoms with Crippen LogP contribution in [0.25, 0.3) is 0 Å². The number of nitrogens with one attached hydrogen (secondary N) is 1. The van der Waals surface area contributed by atoms with Crippen LogP contribution >= 0.6 is 0 Å². The van der Waals surface area contributed by atoms with E-state index in [2.05, 4.69) is 10.2 Å². The molecule has 1 aliphatic heterocycles. The molecule has 0 aliphatic carbocycles. The van der Waals surface area contributed by atoms with Gasteiger partial charge in [-0.2, -0.15) is 0 Å². The second kappa shape index (κ2) is 15.4. The number of benzene rings is 4. The Balaban J connectivity index is 1.36. The Morgan fingerprint density at radius 2 is 1.75 bits per heavy atom. The van der Waals surface area contributed by atoms with Crippen LogP contribution in [0.5, 0.6) is 17.2 Å². The number of nitrogens with zero attached hydrogens (tertiary/aromatic N) is 2. The summed E-state index contributed by atoms with van der Waals surface area (Å²) in [7, 11) is 1.94. The van der Waals surface area contributed by atoms with Crippen LogP contribution in [0.15, 0.2) is 91.0 Å². The van der Waals surface area contributed by atoms with E-state index in [0.29, 0.717) is 25.4 Å². The molecule has 2 amide bonds. The molecule has 9 nitrogen and oxygen atoms in total. The fourth-order valence-electron chi connectivity index (χ4n) is 5.56. The molecule has 11 heteroatoms. The number of fused-ring (bicyclic) bond motifs is 1. The number of ether oxygens (including phenoxy) is 2. The Bertz CT molecular complexity index is 1720. The molecule has 0 bridgehead atoms. The van der Waals surface area contributed by atoms with Crippen LogP contribution in [0.2, 0.25) is 0 Å². The zero-order valence-electron chi connectivity index (χ0n) is 27.0.